The number of carboxylic acids is 1. The molecular weight excluding hydrogens is 398 g/mol. The fourth-order valence-electron chi connectivity index (χ4n) is 3.16. The Morgan fingerprint density at radius 2 is 1.84 bits per heavy atom. The Bertz CT molecular complexity index is 1090. The van der Waals surface area contributed by atoms with Crippen molar-refractivity contribution < 1.29 is 24.2 Å². The highest BCUT2D eigenvalue weighted by molar-refractivity contribution is 6.03. The summed E-state index contributed by atoms with van der Waals surface area (Å²) < 4.78 is 4.99. The number of carbonyl (C=O) groups is 3. The summed E-state index contributed by atoms with van der Waals surface area (Å²) in [6.45, 7) is 3.54. The Hall–Kier alpha value is -3.94. The molecular formula is C23H23N3O5. The summed E-state index contributed by atoms with van der Waals surface area (Å²) in [6, 6.07) is 16.4. The summed E-state index contributed by atoms with van der Waals surface area (Å²) in [4.78, 5) is 45.4. The number of aryl methyl sites for hydroxylation is 1. The van der Waals surface area contributed by atoms with Gasteiger partial charge in [-0.1, -0.05) is 60.2 Å². The number of carboxylic acid groups (broad SMARTS) is 1. The van der Waals surface area contributed by atoms with Crippen molar-refractivity contribution in [3.63, 3.8) is 0 Å². The number of H-pyrrole nitrogens is 1. The predicted octanol–water partition coefficient (Wildman–Crippen LogP) is 3.29. The van der Waals surface area contributed by atoms with Crippen molar-refractivity contribution in [2.75, 3.05) is 13.2 Å². The van der Waals surface area contributed by atoms with Gasteiger partial charge in [-0.05, 0) is 19.4 Å². The Labute approximate surface area is 179 Å². The molecule has 0 saturated carbocycles. The molecule has 0 bridgehead atoms. The molecule has 1 heterocycles. The van der Waals surface area contributed by atoms with E-state index in [2.05, 4.69) is 9.97 Å². The third kappa shape index (κ3) is 5.36. The van der Waals surface area contributed by atoms with Crippen molar-refractivity contribution in [3.05, 3.63) is 77.1 Å². The number of imidazole rings is 1. The maximum Gasteiger partial charge on any atom is 0.354 e. The van der Waals surface area contributed by atoms with Gasteiger partial charge in [0, 0.05) is 12.1 Å². The Morgan fingerprint density at radius 1 is 1.10 bits per heavy atom. The van der Waals surface area contributed by atoms with Crippen molar-refractivity contribution in [2.45, 2.75) is 20.4 Å². The number of ether oxygens (including phenoxy) is 1. The van der Waals surface area contributed by atoms with Crippen LogP contribution >= 0.6 is 0 Å². The molecule has 0 radical (unpaired) electrons. The SMILES string of the molecule is CCOC(=O)CN(Cc1cccc(C)c1)C(=O)c1nc(-c2ccccc2)[nH]c1C(=O)O. The first-order valence-electron chi connectivity index (χ1n) is 9.78. The average molecular weight is 421 g/mol. The summed E-state index contributed by atoms with van der Waals surface area (Å²) in [5.41, 5.74) is 1.84. The number of rotatable bonds is 8. The summed E-state index contributed by atoms with van der Waals surface area (Å²) in [6.07, 6.45) is 0. The molecule has 0 fully saturated rings. The van der Waals surface area contributed by atoms with Crippen molar-refractivity contribution in [3.8, 4) is 11.4 Å². The quantitative estimate of drug-likeness (QED) is 0.540. The molecule has 3 rings (SSSR count). The third-order valence-electron chi connectivity index (χ3n) is 4.54. The molecule has 0 aliphatic rings. The van der Waals surface area contributed by atoms with Gasteiger partial charge in [-0.15, -0.1) is 0 Å². The maximum absolute atomic E-state index is 13.3. The van der Waals surface area contributed by atoms with E-state index >= 15 is 0 Å². The second kappa shape index (κ2) is 9.71. The molecule has 0 aliphatic heterocycles. The van der Waals surface area contributed by atoms with E-state index < -0.39 is 17.8 Å². The van der Waals surface area contributed by atoms with Gasteiger partial charge >= 0.3 is 11.9 Å². The van der Waals surface area contributed by atoms with Crippen LogP contribution in [0, 0.1) is 6.92 Å². The molecule has 31 heavy (non-hydrogen) atoms. The molecule has 0 aliphatic carbocycles. The van der Waals surface area contributed by atoms with E-state index in [1.807, 2.05) is 37.3 Å². The van der Waals surface area contributed by atoms with Gasteiger partial charge in [0.05, 0.1) is 6.61 Å². The van der Waals surface area contributed by atoms with Crippen LogP contribution in [0.25, 0.3) is 11.4 Å². The van der Waals surface area contributed by atoms with E-state index in [-0.39, 0.29) is 36.9 Å². The molecule has 8 nitrogen and oxygen atoms in total. The lowest BCUT2D eigenvalue weighted by Gasteiger charge is -2.21. The number of aromatic amines is 1. The number of nitrogens with zero attached hydrogens (tertiary/aromatic N) is 2. The minimum absolute atomic E-state index is 0.103. The molecule has 0 atom stereocenters. The number of esters is 1. The van der Waals surface area contributed by atoms with Crippen LogP contribution in [0.1, 0.15) is 39.0 Å². The molecule has 0 unspecified atom stereocenters. The highest BCUT2D eigenvalue weighted by Crippen LogP contribution is 2.20. The topological polar surface area (TPSA) is 113 Å². The molecule has 160 valence electrons. The Morgan fingerprint density at radius 3 is 2.48 bits per heavy atom. The molecule has 2 aromatic carbocycles. The lowest BCUT2D eigenvalue weighted by molar-refractivity contribution is -0.143. The van der Waals surface area contributed by atoms with Crippen LogP contribution < -0.4 is 0 Å². The fraction of sp³-hybridized carbons (Fsp3) is 0.217. The number of aromatic nitrogens is 2. The Kier molecular flexibility index (Phi) is 6.81. The van der Waals surface area contributed by atoms with Crippen LogP contribution in [0.4, 0.5) is 0 Å². The lowest BCUT2D eigenvalue weighted by Crippen LogP contribution is -2.37. The minimum Gasteiger partial charge on any atom is -0.477 e. The van der Waals surface area contributed by atoms with Crippen molar-refractivity contribution in [1.29, 1.82) is 0 Å². The van der Waals surface area contributed by atoms with Gasteiger partial charge in [0.25, 0.3) is 5.91 Å². The zero-order chi connectivity index (χ0) is 22.4. The molecule has 3 aromatic rings. The summed E-state index contributed by atoms with van der Waals surface area (Å²) in [5, 5.41) is 9.62. The van der Waals surface area contributed by atoms with Crippen molar-refractivity contribution in [2.24, 2.45) is 0 Å². The van der Waals surface area contributed by atoms with Crippen LogP contribution in [0.2, 0.25) is 0 Å². The van der Waals surface area contributed by atoms with E-state index in [1.54, 1.807) is 31.2 Å². The summed E-state index contributed by atoms with van der Waals surface area (Å²) in [7, 11) is 0. The third-order valence-corrected chi connectivity index (χ3v) is 4.54. The normalized spacial score (nSPS) is 10.5. The lowest BCUT2D eigenvalue weighted by atomic mass is 10.1. The Balaban J connectivity index is 1.98. The smallest absolute Gasteiger partial charge is 0.354 e. The standard InChI is InChI=1S/C23H23N3O5/c1-3-31-18(27)14-26(13-16-9-7-8-15(2)12-16)22(28)19-20(23(29)30)25-21(24-19)17-10-5-4-6-11-17/h4-12H,3,13-14H2,1-2H3,(H,24,25)(H,29,30). The van der Waals surface area contributed by atoms with E-state index in [1.165, 1.54) is 4.90 Å². The second-order valence-electron chi connectivity index (χ2n) is 6.94. The first-order valence-corrected chi connectivity index (χ1v) is 9.78. The summed E-state index contributed by atoms with van der Waals surface area (Å²) in [5.74, 6) is -2.32. The molecule has 8 heteroatoms. The van der Waals surface area contributed by atoms with Crippen LogP contribution in [0.15, 0.2) is 54.6 Å². The van der Waals surface area contributed by atoms with Gasteiger partial charge in [0.1, 0.15) is 12.4 Å². The zero-order valence-corrected chi connectivity index (χ0v) is 17.3. The van der Waals surface area contributed by atoms with Gasteiger partial charge < -0.3 is 19.7 Å². The monoisotopic (exact) mass is 421 g/mol. The number of hydrogen-bond acceptors (Lipinski definition) is 5. The largest absolute Gasteiger partial charge is 0.477 e. The first-order chi connectivity index (χ1) is 14.9. The fourth-order valence-corrected chi connectivity index (χ4v) is 3.16. The average Bonchev–Trinajstić information content (AvgIpc) is 3.19. The number of hydrogen-bond donors (Lipinski definition) is 2. The van der Waals surface area contributed by atoms with Gasteiger partial charge in [0.15, 0.2) is 11.4 Å². The maximum atomic E-state index is 13.3. The number of aromatic carboxylic acids is 1. The molecule has 0 spiro atoms. The van der Waals surface area contributed by atoms with Crippen molar-refractivity contribution >= 4 is 17.8 Å². The highest BCUT2D eigenvalue weighted by Gasteiger charge is 2.28. The van der Waals surface area contributed by atoms with Gasteiger partial charge in [-0.2, -0.15) is 0 Å². The van der Waals surface area contributed by atoms with E-state index in [0.717, 1.165) is 11.1 Å². The second-order valence-corrected chi connectivity index (χ2v) is 6.94. The zero-order valence-electron chi connectivity index (χ0n) is 17.3. The first kappa shape index (κ1) is 21.8. The number of benzene rings is 2. The number of amides is 1. The number of carbonyl (C=O) groups excluding carboxylic acids is 2. The van der Waals surface area contributed by atoms with Crippen LogP contribution in [0.3, 0.4) is 0 Å². The van der Waals surface area contributed by atoms with Crippen LogP contribution in [-0.4, -0.2) is 51.0 Å². The number of nitrogens with one attached hydrogen (secondary N) is 1. The van der Waals surface area contributed by atoms with Crippen molar-refractivity contribution in [1.82, 2.24) is 14.9 Å². The predicted molar refractivity (Wildman–Crippen MR) is 114 cm³/mol. The van der Waals surface area contributed by atoms with Gasteiger partial charge in [-0.25, -0.2) is 9.78 Å². The van der Waals surface area contributed by atoms with Gasteiger partial charge in [-0.3, -0.25) is 9.59 Å². The molecule has 2 N–H and O–H groups in total. The highest BCUT2D eigenvalue weighted by atomic mass is 16.5. The van der Waals surface area contributed by atoms with Gasteiger partial charge in [0.2, 0.25) is 0 Å². The van der Waals surface area contributed by atoms with Crippen LogP contribution in [0.5, 0.6) is 0 Å². The minimum atomic E-state index is -1.32. The molecule has 1 aromatic heterocycles. The molecule has 1 amide bonds. The molecule has 0 saturated heterocycles. The van der Waals surface area contributed by atoms with E-state index in [9.17, 15) is 19.5 Å². The van der Waals surface area contributed by atoms with E-state index in [4.69, 9.17) is 4.74 Å². The summed E-state index contributed by atoms with van der Waals surface area (Å²) >= 11 is 0. The van der Waals surface area contributed by atoms with E-state index in [0.29, 0.717) is 5.56 Å². The van der Waals surface area contributed by atoms with Crippen LogP contribution in [-0.2, 0) is 16.1 Å².